The third kappa shape index (κ3) is 1.86. The smallest absolute Gasteiger partial charge is 0.234 e. The second-order valence-corrected chi connectivity index (χ2v) is 4.84. The summed E-state index contributed by atoms with van der Waals surface area (Å²) in [6.07, 6.45) is 0. The van der Waals surface area contributed by atoms with E-state index in [0.29, 0.717) is 4.43 Å². The lowest BCUT2D eigenvalue weighted by atomic mass is 10.1. The number of aromatic amines is 1. The Hall–Kier alpha value is -1.56. The zero-order valence-corrected chi connectivity index (χ0v) is 11.7. The Morgan fingerprint density at radius 3 is 2.72 bits per heavy atom. The summed E-state index contributed by atoms with van der Waals surface area (Å²) in [5.41, 5.74) is 2.91. The standard InChI is InChI=1S/C14H11IN2O/c15-8-13(18)16-12-7-3-5-10-9-4-1-2-6-11(9)17-14(10)12/h1-7,17H,8H2,(H,16,18). The highest BCUT2D eigenvalue weighted by atomic mass is 127. The van der Waals surface area contributed by atoms with E-state index in [-0.39, 0.29) is 5.91 Å². The van der Waals surface area contributed by atoms with Crippen molar-refractivity contribution in [3.8, 4) is 0 Å². The van der Waals surface area contributed by atoms with Crippen molar-refractivity contribution >= 4 is 56.0 Å². The van der Waals surface area contributed by atoms with Crippen LogP contribution >= 0.6 is 22.6 Å². The first-order chi connectivity index (χ1) is 8.79. The average molecular weight is 350 g/mol. The third-order valence-corrected chi connectivity index (χ3v) is 3.63. The molecule has 0 unspecified atom stereocenters. The van der Waals surface area contributed by atoms with Crippen LogP contribution in [0.1, 0.15) is 0 Å². The third-order valence-electron chi connectivity index (χ3n) is 2.94. The fraction of sp³-hybridized carbons (Fsp3) is 0.0714. The number of hydrogen-bond donors (Lipinski definition) is 2. The molecule has 0 fully saturated rings. The normalized spacial score (nSPS) is 10.9. The maximum atomic E-state index is 11.5. The molecule has 3 rings (SSSR count). The van der Waals surface area contributed by atoms with E-state index in [4.69, 9.17) is 0 Å². The maximum absolute atomic E-state index is 11.5. The predicted molar refractivity (Wildman–Crippen MR) is 83.3 cm³/mol. The highest BCUT2D eigenvalue weighted by Gasteiger charge is 2.08. The maximum Gasteiger partial charge on any atom is 0.234 e. The Morgan fingerprint density at radius 1 is 1.11 bits per heavy atom. The molecule has 3 aromatic rings. The van der Waals surface area contributed by atoms with Crippen molar-refractivity contribution in [1.29, 1.82) is 0 Å². The molecule has 0 spiro atoms. The van der Waals surface area contributed by atoms with Gasteiger partial charge in [0.05, 0.1) is 15.6 Å². The van der Waals surface area contributed by atoms with Gasteiger partial charge in [0.15, 0.2) is 0 Å². The average Bonchev–Trinajstić information content (AvgIpc) is 2.78. The van der Waals surface area contributed by atoms with E-state index >= 15 is 0 Å². The molecule has 18 heavy (non-hydrogen) atoms. The molecule has 2 aromatic carbocycles. The lowest BCUT2D eigenvalue weighted by molar-refractivity contribution is -0.113. The Balaban J connectivity index is 2.24. The van der Waals surface area contributed by atoms with Gasteiger partial charge >= 0.3 is 0 Å². The molecule has 0 radical (unpaired) electrons. The summed E-state index contributed by atoms with van der Waals surface area (Å²) in [6.45, 7) is 0. The minimum absolute atomic E-state index is 0.0155. The molecule has 0 aliphatic carbocycles. The van der Waals surface area contributed by atoms with Crippen LogP contribution in [0.25, 0.3) is 21.8 Å². The van der Waals surface area contributed by atoms with Crippen molar-refractivity contribution in [1.82, 2.24) is 4.98 Å². The van der Waals surface area contributed by atoms with Gasteiger partial charge in [-0.1, -0.05) is 52.9 Å². The first kappa shape index (κ1) is 11.5. The Morgan fingerprint density at radius 2 is 1.89 bits per heavy atom. The SMILES string of the molecule is O=C(CI)Nc1cccc2c1[nH]c1ccccc12. The molecule has 1 heterocycles. The summed E-state index contributed by atoms with van der Waals surface area (Å²) in [7, 11) is 0. The van der Waals surface area contributed by atoms with Crippen LogP contribution in [0.2, 0.25) is 0 Å². The van der Waals surface area contributed by atoms with Crippen LogP contribution in [0.5, 0.6) is 0 Å². The van der Waals surface area contributed by atoms with Crippen LogP contribution in [-0.2, 0) is 4.79 Å². The molecule has 90 valence electrons. The Kier molecular flexibility index (Phi) is 2.95. The Labute approximate surface area is 118 Å². The molecule has 0 aliphatic heterocycles. The van der Waals surface area contributed by atoms with Crippen molar-refractivity contribution in [2.75, 3.05) is 9.74 Å². The van der Waals surface area contributed by atoms with Crippen LogP contribution in [0.3, 0.4) is 0 Å². The number of nitrogens with one attached hydrogen (secondary N) is 2. The molecule has 2 N–H and O–H groups in total. The molecular weight excluding hydrogens is 339 g/mol. The number of hydrogen-bond acceptors (Lipinski definition) is 1. The molecular formula is C14H11IN2O. The molecule has 0 bridgehead atoms. The number of para-hydroxylation sites is 2. The highest BCUT2D eigenvalue weighted by molar-refractivity contribution is 14.1. The van der Waals surface area contributed by atoms with Crippen LogP contribution in [0.15, 0.2) is 42.5 Å². The molecule has 0 saturated carbocycles. The van der Waals surface area contributed by atoms with Gasteiger partial charge in [-0.3, -0.25) is 4.79 Å². The van der Waals surface area contributed by atoms with Gasteiger partial charge in [-0.2, -0.15) is 0 Å². The van der Waals surface area contributed by atoms with E-state index in [1.165, 1.54) is 5.39 Å². The number of aromatic nitrogens is 1. The number of fused-ring (bicyclic) bond motifs is 3. The van der Waals surface area contributed by atoms with Gasteiger partial charge in [-0.05, 0) is 12.1 Å². The number of benzene rings is 2. The molecule has 0 saturated heterocycles. The molecule has 0 aliphatic rings. The van der Waals surface area contributed by atoms with Gasteiger partial charge in [0.1, 0.15) is 0 Å². The fourth-order valence-corrected chi connectivity index (χ4v) is 2.35. The van der Waals surface area contributed by atoms with Crippen molar-refractivity contribution in [2.45, 2.75) is 0 Å². The van der Waals surface area contributed by atoms with E-state index < -0.39 is 0 Å². The largest absolute Gasteiger partial charge is 0.353 e. The number of amides is 1. The molecule has 1 amide bonds. The van der Waals surface area contributed by atoms with Gasteiger partial charge in [-0.15, -0.1) is 0 Å². The Bertz CT molecular complexity index is 733. The van der Waals surface area contributed by atoms with Crippen LogP contribution in [-0.4, -0.2) is 15.3 Å². The van der Waals surface area contributed by atoms with Crippen molar-refractivity contribution in [2.24, 2.45) is 0 Å². The summed E-state index contributed by atoms with van der Waals surface area (Å²) < 4.78 is 0.453. The van der Waals surface area contributed by atoms with Crippen molar-refractivity contribution in [3.05, 3.63) is 42.5 Å². The monoisotopic (exact) mass is 350 g/mol. The summed E-state index contributed by atoms with van der Waals surface area (Å²) >= 11 is 2.06. The zero-order chi connectivity index (χ0) is 12.5. The van der Waals surface area contributed by atoms with Crippen LogP contribution < -0.4 is 5.32 Å². The van der Waals surface area contributed by atoms with E-state index in [1.807, 2.05) is 30.3 Å². The van der Waals surface area contributed by atoms with Crippen LogP contribution in [0.4, 0.5) is 5.69 Å². The van der Waals surface area contributed by atoms with E-state index in [9.17, 15) is 4.79 Å². The first-order valence-corrected chi connectivity index (χ1v) is 7.17. The number of halogens is 1. The molecule has 3 nitrogen and oxygen atoms in total. The minimum Gasteiger partial charge on any atom is -0.353 e. The van der Waals surface area contributed by atoms with Gasteiger partial charge in [0.2, 0.25) is 5.91 Å². The molecule has 1 aromatic heterocycles. The van der Waals surface area contributed by atoms with Gasteiger partial charge in [0.25, 0.3) is 0 Å². The van der Waals surface area contributed by atoms with Gasteiger partial charge < -0.3 is 10.3 Å². The predicted octanol–water partition coefficient (Wildman–Crippen LogP) is 3.69. The van der Waals surface area contributed by atoms with Crippen molar-refractivity contribution < 1.29 is 4.79 Å². The number of alkyl halides is 1. The second kappa shape index (κ2) is 4.61. The lowest BCUT2D eigenvalue weighted by Crippen LogP contribution is -2.12. The number of carbonyl (C=O) groups excluding carboxylic acids is 1. The lowest BCUT2D eigenvalue weighted by Gasteiger charge is -2.04. The number of H-pyrrole nitrogens is 1. The number of carbonyl (C=O) groups is 1. The quantitative estimate of drug-likeness (QED) is 0.537. The highest BCUT2D eigenvalue weighted by Crippen LogP contribution is 2.29. The summed E-state index contributed by atoms with van der Waals surface area (Å²) in [4.78, 5) is 14.9. The number of anilines is 1. The summed E-state index contributed by atoms with van der Waals surface area (Å²) in [6, 6.07) is 14.1. The summed E-state index contributed by atoms with van der Waals surface area (Å²) in [5, 5.41) is 5.23. The first-order valence-electron chi connectivity index (χ1n) is 5.65. The second-order valence-electron chi connectivity index (χ2n) is 4.08. The van der Waals surface area contributed by atoms with Gasteiger partial charge in [0, 0.05) is 16.3 Å². The number of rotatable bonds is 2. The topological polar surface area (TPSA) is 44.9 Å². The van der Waals surface area contributed by atoms with Gasteiger partial charge in [-0.25, -0.2) is 0 Å². The van der Waals surface area contributed by atoms with Crippen molar-refractivity contribution in [3.63, 3.8) is 0 Å². The molecule has 0 atom stereocenters. The van der Waals surface area contributed by atoms with E-state index in [2.05, 4.69) is 45.0 Å². The zero-order valence-electron chi connectivity index (χ0n) is 9.53. The minimum atomic E-state index is 0.0155. The van der Waals surface area contributed by atoms with Crippen LogP contribution in [0, 0.1) is 0 Å². The summed E-state index contributed by atoms with van der Waals surface area (Å²) in [5.74, 6) is 0.0155. The molecule has 4 heteroatoms. The fourth-order valence-electron chi connectivity index (χ4n) is 2.16. The van der Waals surface area contributed by atoms with E-state index in [1.54, 1.807) is 0 Å². The van der Waals surface area contributed by atoms with E-state index in [0.717, 1.165) is 22.1 Å².